The molecule has 3 nitrogen and oxygen atoms in total. The number of aromatic nitrogens is 1. The first-order valence-corrected chi connectivity index (χ1v) is 7.12. The molecule has 2 heterocycles. The van der Waals surface area contributed by atoms with Gasteiger partial charge in [0.25, 0.3) is 0 Å². The second kappa shape index (κ2) is 4.96. The quantitative estimate of drug-likeness (QED) is 0.868. The molecule has 2 aliphatic rings. The number of ether oxygens (including phenoxy) is 1. The largest absolute Gasteiger partial charge is 0.379 e. The molecular weight excluding hydrogens is 232 g/mol. The van der Waals surface area contributed by atoms with Crippen LogP contribution in [-0.2, 0) is 11.3 Å². The van der Waals surface area contributed by atoms with Crippen molar-refractivity contribution in [1.29, 1.82) is 0 Å². The molecule has 0 unspecified atom stereocenters. The predicted octanol–water partition coefficient (Wildman–Crippen LogP) is 2.13. The smallest absolute Gasteiger partial charge is 0.0993 e. The van der Waals surface area contributed by atoms with E-state index in [4.69, 9.17) is 4.74 Å². The number of nitrogens with one attached hydrogen (secondary N) is 1. The summed E-state index contributed by atoms with van der Waals surface area (Å²) in [6.07, 6.45) is 4.67. The van der Waals surface area contributed by atoms with Gasteiger partial charge in [-0.05, 0) is 30.9 Å². The molecule has 1 N–H and O–H groups in total. The Morgan fingerprint density at radius 1 is 1.47 bits per heavy atom. The molecule has 92 valence electrons. The zero-order valence-corrected chi connectivity index (χ0v) is 10.9. The highest BCUT2D eigenvalue weighted by Crippen LogP contribution is 2.29. The highest BCUT2D eigenvalue weighted by molar-refractivity contribution is 8.00. The van der Waals surface area contributed by atoms with Crippen molar-refractivity contribution in [2.75, 3.05) is 13.2 Å². The van der Waals surface area contributed by atoms with Gasteiger partial charge in [0.2, 0.25) is 0 Å². The SMILES string of the molecule is Cc1cc(CNC2CC2)cnc1SC1COC1. The van der Waals surface area contributed by atoms with Gasteiger partial charge in [-0.2, -0.15) is 0 Å². The third kappa shape index (κ3) is 3.00. The Balaban J connectivity index is 1.60. The lowest BCUT2D eigenvalue weighted by Gasteiger charge is -2.25. The molecule has 3 rings (SSSR count). The van der Waals surface area contributed by atoms with Crippen LogP contribution in [0.4, 0.5) is 0 Å². The van der Waals surface area contributed by atoms with E-state index in [0.717, 1.165) is 30.8 Å². The Morgan fingerprint density at radius 3 is 2.88 bits per heavy atom. The Hall–Kier alpha value is -0.580. The van der Waals surface area contributed by atoms with Crippen molar-refractivity contribution in [2.24, 2.45) is 0 Å². The third-order valence-electron chi connectivity index (χ3n) is 3.14. The lowest BCUT2D eigenvalue weighted by Crippen LogP contribution is -2.30. The summed E-state index contributed by atoms with van der Waals surface area (Å²) < 4.78 is 5.18. The molecule has 0 amide bonds. The van der Waals surface area contributed by atoms with Gasteiger partial charge in [-0.25, -0.2) is 4.98 Å². The van der Waals surface area contributed by atoms with Gasteiger partial charge in [0, 0.05) is 18.8 Å². The predicted molar refractivity (Wildman–Crippen MR) is 69.3 cm³/mol. The average molecular weight is 250 g/mol. The van der Waals surface area contributed by atoms with Crippen LogP contribution >= 0.6 is 11.8 Å². The van der Waals surface area contributed by atoms with E-state index in [9.17, 15) is 0 Å². The van der Waals surface area contributed by atoms with Gasteiger partial charge < -0.3 is 10.1 Å². The molecule has 17 heavy (non-hydrogen) atoms. The second-order valence-corrected chi connectivity index (χ2v) is 6.19. The van der Waals surface area contributed by atoms with Gasteiger partial charge in [0.15, 0.2) is 0 Å². The van der Waals surface area contributed by atoms with E-state index in [-0.39, 0.29) is 0 Å². The van der Waals surface area contributed by atoms with E-state index >= 15 is 0 Å². The fourth-order valence-electron chi connectivity index (χ4n) is 1.83. The van der Waals surface area contributed by atoms with Crippen LogP contribution in [0.2, 0.25) is 0 Å². The number of aryl methyl sites for hydroxylation is 1. The first kappa shape index (κ1) is 11.5. The minimum atomic E-state index is 0.608. The van der Waals surface area contributed by atoms with E-state index in [1.807, 2.05) is 18.0 Å². The summed E-state index contributed by atoms with van der Waals surface area (Å²) in [4.78, 5) is 4.57. The zero-order valence-electron chi connectivity index (χ0n) is 10.1. The number of rotatable bonds is 5. The molecule has 1 aromatic heterocycles. The van der Waals surface area contributed by atoms with Crippen LogP contribution < -0.4 is 5.32 Å². The van der Waals surface area contributed by atoms with Crippen LogP contribution in [0.15, 0.2) is 17.3 Å². The molecule has 1 saturated heterocycles. The van der Waals surface area contributed by atoms with Crippen molar-refractivity contribution < 1.29 is 4.74 Å². The van der Waals surface area contributed by atoms with E-state index in [2.05, 4.69) is 23.3 Å². The number of nitrogens with zero attached hydrogens (tertiary/aromatic N) is 1. The van der Waals surface area contributed by atoms with Gasteiger partial charge >= 0.3 is 0 Å². The number of hydrogen-bond acceptors (Lipinski definition) is 4. The number of thioether (sulfide) groups is 1. The van der Waals surface area contributed by atoms with Crippen LogP contribution in [-0.4, -0.2) is 29.5 Å². The zero-order chi connectivity index (χ0) is 11.7. The van der Waals surface area contributed by atoms with Crippen molar-refractivity contribution >= 4 is 11.8 Å². The topological polar surface area (TPSA) is 34.2 Å². The summed E-state index contributed by atoms with van der Waals surface area (Å²) in [6.45, 7) is 4.85. The molecule has 0 aromatic carbocycles. The standard InChI is InChI=1S/C13H18N2OS/c1-9-4-10(5-14-11-2-3-11)6-15-13(9)17-12-7-16-8-12/h4,6,11-12,14H,2-3,5,7-8H2,1H3. The van der Waals surface area contributed by atoms with Gasteiger partial charge in [-0.1, -0.05) is 17.8 Å². The molecule has 0 bridgehead atoms. The Bertz CT molecular complexity index is 402. The fourth-order valence-corrected chi connectivity index (χ4v) is 2.83. The summed E-state index contributed by atoms with van der Waals surface area (Å²) in [5.41, 5.74) is 2.58. The maximum absolute atomic E-state index is 5.18. The molecule has 0 radical (unpaired) electrons. The summed E-state index contributed by atoms with van der Waals surface area (Å²) in [6, 6.07) is 3.01. The second-order valence-electron chi connectivity index (χ2n) is 4.90. The lowest BCUT2D eigenvalue weighted by molar-refractivity contribution is 0.0454. The molecule has 2 fully saturated rings. The van der Waals surface area contributed by atoms with Crippen molar-refractivity contribution in [3.63, 3.8) is 0 Å². The van der Waals surface area contributed by atoms with E-state index in [0.29, 0.717) is 5.25 Å². The van der Waals surface area contributed by atoms with E-state index < -0.39 is 0 Å². The maximum Gasteiger partial charge on any atom is 0.0993 e. The molecule has 1 saturated carbocycles. The normalized spacial score (nSPS) is 20.3. The van der Waals surface area contributed by atoms with Crippen molar-refractivity contribution in [1.82, 2.24) is 10.3 Å². The van der Waals surface area contributed by atoms with E-state index in [1.54, 1.807) is 0 Å². The first-order chi connectivity index (χ1) is 8.31. The highest BCUT2D eigenvalue weighted by atomic mass is 32.2. The average Bonchev–Trinajstić information content (AvgIpc) is 3.06. The molecule has 1 aliphatic heterocycles. The summed E-state index contributed by atoms with van der Waals surface area (Å²) in [7, 11) is 0. The Labute approximate surface area is 106 Å². The maximum atomic E-state index is 5.18. The number of hydrogen-bond donors (Lipinski definition) is 1. The third-order valence-corrected chi connectivity index (χ3v) is 4.40. The summed E-state index contributed by atoms with van der Waals surface area (Å²) in [5.74, 6) is 0. The van der Waals surface area contributed by atoms with Crippen LogP contribution in [0.3, 0.4) is 0 Å². The van der Waals surface area contributed by atoms with Crippen LogP contribution in [0.1, 0.15) is 24.0 Å². The van der Waals surface area contributed by atoms with Crippen molar-refractivity contribution in [3.05, 3.63) is 23.4 Å². The van der Waals surface area contributed by atoms with Gasteiger partial charge in [0.05, 0.1) is 23.5 Å². The molecule has 0 atom stereocenters. The fraction of sp³-hybridized carbons (Fsp3) is 0.615. The molecule has 1 aliphatic carbocycles. The van der Waals surface area contributed by atoms with Gasteiger partial charge in [-0.3, -0.25) is 0 Å². The van der Waals surface area contributed by atoms with Crippen molar-refractivity contribution in [3.8, 4) is 0 Å². The summed E-state index contributed by atoms with van der Waals surface area (Å²) >= 11 is 1.85. The first-order valence-electron chi connectivity index (χ1n) is 6.24. The van der Waals surface area contributed by atoms with Crippen LogP contribution in [0, 0.1) is 6.92 Å². The minimum Gasteiger partial charge on any atom is -0.379 e. The molecule has 0 spiro atoms. The van der Waals surface area contributed by atoms with Crippen molar-refractivity contribution in [2.45, 2.75) is 42.6 Å². The number of pyridine rings is 1. The summed E-state index contributed by atoms with van der Waals surface area (Å²) in [5, 5.41) is 5.28. The lowest BCUT2D eigenvalue weighted by atomic mass is 10.2. The van der Waals surface area contributed by atoms with Crippen LogP contribution in [0.25, 0.3) is 0 Å². The van der Waals surface area contributed by atoms with Gasteiger partial charge in [0.1, 0.15) is 0 Å². The molecule has 1 aromatic rings. The Morgan fingerprint density at radius 2 is 2.29 bits per heavy atom. The van der Waals surface area contributed by atoms with Crippen LogP contribution in [0.5, 0.6) is 0 Å². The Kier molecular flexibility index (Phi) is 3.36. The highest BCUT2D eigenvalue weighted by Gasteiger charge is 2.22. The van der Waals surface area contributed by atoms with E-state index in [1.165, 1.54) is 24.0 Å². The minimum absolute atomic E-state index is 0.608. The monoisotopic (exact) mass is 250 g/mol. The molecular formula is C13H18N2OS. The van der Waals surface area contributed by atoms with Gasteiger partial charge in [-0.15, -0.1) is 0 Å². The molecule has 4 heteroatoms.